The third-order valence-electron chi connectivity index (χ3n) is 6.84. The van der Waals surface area contributed by atoms with E-state index in [9.17, 15) is 12.8 Å². The van der Waals surface area contributed by atoms with Crippen molar-refractivity contribution in [2.45, 2.75) is 50.0 Å². The number of halogens is 1. The van der Waals surface area contributed by atoms with Crippen LogP contribution in [0.15, 0.2) is 35.5 Å². The summed E-state index contributed by atoms with van der Waals surface area (Å²) in [5.41, 5.74) is 1.16. The first-order valence-corrected chi connectivity index (χ1v) is 13.6. The highest BCUT2D eigenvalue weighted by atomic mass is 32.2. The lowest BCUT2D eigenvalue weighted by Crippen LogP contribution is -2.51. The van der Waals surface area contributed by atoms with Gasteiger partial charge < -0.3 is 9.64 Å². The summed E-state index contributed by atoms with van der Waals surface area (Å²) in [4.78, 5) is 13.8. The van der Waals surface area contributed by atoms with Gasteiger partial charge in [0, 0.05) is 50.9 Å². The normalized spacial score (nSPS) is 22.3. The standard InChI is InChI=1S/C24H33FN4O3S/c1-3-18-15-26-24(27-16-18)29-12-10-28(11-13-29)20-6-4-19(5-7-20)17-32-23-9-8-21(14-22(23)25)33(2,30)31/h8-9,14-16,19-20H,3-7,10-13,17H2,1-2H3/t19-,20-. The van der Waals surface area contributed by atoms with Crippen LogP contribution in [0, 0.1) is 11.7 Å². The lowest BCUT2D eigenvalue weighted by Gasteiger charge is -2.42. The maximum Gasteiger partial charge on any atom is 0.225 e. The Morgan fingerprint density at radius 3 is 2.30 bits per heavy atom. The van der Waals surface area contributed by atoms with Crippen molar-refractivity contribution in [3.63, 3.8) is 0 Å². The van der Waals surface area contributed by atoms with Crippen molar-refractivity contribution in [3.05, 3.63) is 42.0 Å². The van der Waals surface area contributed by atoms with E-state index in [-0.39, 0.29) is 10.6 Å². The van der Waals surface area contributed by atoms with Crippen LogP contribution in [-0.4, -0.2) is 68.4 Å². The van der Waals surface area contributed by atoms with Gasteiger partial charge in [-0.25, -0.2) is 22.8 Å². The molecule has 0 amide bonds. The Kier molecular flexibility index (Phi) is 7.48. The van der Waals surface area contributed by atoms with Gasteiger partial charge in [0.05, 0.1) is 11.5 Å². The maximum atomic E-state index is 14.2. The summed E-state index contributed by atoms with van der Waals surface area (Å²) in [6, 6.07) is 4.42. The first-order valence-electron chi connectivity index (χ1n) is 11.8. The summed E-state index contributed by atoms with van der Waals surface area (Å²) >= 11 is 0. The fourth-order valence-electron chi connectivity index (χ4n) is 4.69. The van der Waals surface area contributed by atoms with E-state index in [0.29, 0.717) is 18.6 Å². The number of aryl methyl sites for hydroxylation is 1. The van der Waals surface area contributed by atoms with Crippen molar-refractivity contribution >= 4 is 15.8 Å². The van der Waals surface area contributed by atoms with Crippen LogP contribution in [0.2, 0.25) is 0 Å². The van der Waals surface area contributed by atoms with Gasteiger partial charge in [-0.1, -0.05) is 6.92 Å². The van der Waals surface area contributed by atoms with E-state index in [1.807, 2.05) is 12.4 Å². The Morgan fingerprint density at radius 1 is 1.06 bits per heavy atom. The van der Waals surface area contributed by atoms with Crippen molar-refractivity contribution in [1.29, 1.82) is 0 Å². The third-order valence-corrected chi connectivity index (χ3v) is 7.95. The minimum absolute atomic E-state index is 0.0301. The first-order chi connectivity index (χ1) is 15.8. The van der Waals surface area contributed by atoms with Crippen molar-refractivity contribution < 1.29 is 17.5 Å². The number of aromatic nitrogens is 2. The molecule has 1 saturated heterocycles. The number of sulfone groups is 1. The van der Waals surface area contributed by atoms with Crippen LogP contribution in [0.5, 0.6) is 5.75 Å². The second-order valence-electron chi connectivity index (χ2n) is 9.12. The summed E-state index contributed by atoms with van der Waals surface area (Å²) in [7, 11) is -3.43. The molecule has 0 N–H and O–H groups in total. The maximum absolute atomic E-state index is 14.2. The second-order valence-corrected chi connectivity index (χ2v) is 11.1. The first kappa shape index (κ1) is 23.9. The van der Waals surface area contributed by atoms with Crippen LogP contribution >= 0.6 is 0 Å². The molecule has 0 radical (unpaired) electrons. The molecule has 0 unspecified atom stereocenters. The molecule has 1 aromatic carbocycles. The van der Waals surface area contributed by atoms with Crippen LogP contribution < -0.4 is 9.64 Å². The van der Waals surface area contributed by atoms with Crippen molar-refractivity contribution in [2.24, 2.45) is 5.92 Å². The number of piperazine rings is 1. The molecule has 2 fully saturated rings. The summed E-state index contributed by atoms with van der Waals surface area (Å²) in [5, 5.41) is 0. The highest BCUT2D eigenvalue weighted by molar-refractivity contribution is 7.90. The van der Waals surface area contributed by atoms with Gasteiger partial charge in [-0.2, -0.15) is 0 Å². The van der Waals surface area contributed by atoms with Crippen LogP contribution in [0.4, 0.5) is 10.3 Å². The number of benzene rings is 1. The Morgan fingerprint density at radius 2 is 1.73 bits per heavy atom. The van der Waals surface area contributed by atoms with E-state index in [1.54, 1.807) is 0 Å². The topological polar surface area (TPSA) is 75.6 Å². The molecule has 180 valence electrons. The zero-order valence-corrected chi connectivity index (χ0v) is 20.2. The van der Waals surface area contributed by atoms with Crippen molar-refractivity contribution in [1.82, 2.24) is 14.9 Å². The van der Waals surface area contributed by atoms with Gasteiger partial charge in [0.1, 0.15) is 0 Å². The Hall–Kier alpha value is -2.26. The Bertz CT molecular complexity index is 1030. The zero-order chi connectivity index (χ0) is 23.4. The molecule has 2 aliphatic rings. The summed E-state index contributed by atoms with van der Waals surface area (Å²) in [6.45, 7) is 6.48. The molecule has 0 spiro atoms. The molecule has 2 heterocycles. The van der Waals surface area contributed by atoms with Gasteiger partial charge in [0.15, 0.2) is 21.4 Å². The smallest absolute Gasteiger partial charge is 0.225 e. The van der Waals surface area contributed by atoms with E-state index in [2.05, 4.69) is 26.7 Å². The lowest BCUT2D eigenvalue weighted by atomic mass is 9.85. The zero-order valence-electron chi connectivity index (χ0n) is 19.4. The third kappa shape index (κ3) is 6.00. The minimum Gasteiger partial charge on any atom is -0.490 e. The van der Waals surface area contributed by atoms with E-state index in [1.165, 1.54) is 12.1 Å². The number of hydrogen-bond acceptors (Lipinski definition) is 7. The molecule has 4 rings (SSSR count). The van der Waals surface area contributed by atoms with E-state index >= 15 is 0 Å². The molecule has 9 heteroatoms. The SMILES string of the molecule is CCc1cnc(N2CCN([C@H]3CC[C@H](COc4ccc(S(C)(=O)=O)cc4F)CC3)CC2)nc1. The van der Waals surface area contributed by atoms with Gasteiger partial charge in [0.25, 0.3) is 0 Å². The predicted molar refractivity (Wildman–Crippen MR) is 126 cm³/mol. The van der Waals surface area contributed by atoms with Crippen LogP contribution in [0.3, 0.4) is 0 Å². The second kappa shape index (κ2) is 10.3. The van der Waals surface area contributed by atoms with Gasteiger partial charge >= 0.3 is 0 Å². The lowest BCUT2D eigenvalue weighted by molar-refractivity contribution is 0.110. The van der Waals surface area contributed by atoms with Crippen LogP contribution in [0.25, 0.3) is 0 Å². The van der Waals surface area contributed by atoms with Gasteiger partial charge in [-0.05, 0) is 61.8 Å². The molecule has 1 aromatic heterocycles. The largest absolute Gasteiger partial charge is 0.490 e. The molecule has 33 heavy (non-hydrogen) atoms. The van der Waals surface area contributed by atoms with Crippen LogP contribution in [-0.2, 0) is 16.3 Å². The van der Waals surface area contributed by atoms with E-state index < -0.39 is 15.7 Å². The molecular weight excluding hydrogens is 443 g/mol. The molecule has 2 aromatic rings. The fourth-order valence-corrected chi connectivity index (χ4v) is 5.33. The molecule has 1 saturated carbocycles. The highest BCUT2D eigenvalue weighted by Crippen LogP contribution is 2.30. The number of nitrogens with zero attached hydrogens (tertiary/aromatic N) is 4. The van der Waals surface area contributed by atoms with Crippen molar-refractivity contribution in [3.8, 4) is 5.75 Å². The number of rotatable bonds is 7. The Labute approximate surface area is 195 Å². The van der Waals surface area contributed by atoms with E-state index in [0.717, 1.165) is 82.1 Å². The van der Waals surface area contributed by atoms with Crippen LogP contribution in [0.1, 0.15) is 38.2 Å². The monoisotopic (exact) mass is 476 g/mol. The summed E-state index contributed by atoms with van der Waals surface area (Å²) in [5.74, 6) is 0.708. The van der Waals surface area contributed by atoms with Crippen molar-refractivity contribution in [2.75, 3.05) is 43.9 Å². The summed E-state index contributed by atoms with van der Waals surface area (Å²) in [6.07, 6.45) is 10.2. The fraction of sp³-hybridized carbons (Fsp3) is 0.583. The predicted octanol–water partition coefficient (Wildman–Crippen LogP) is 3.34. The molecule has 7 nitrogen and oxygen atoms in total. The number of anilines is 1. The summed E-state index contributed by atoms with van der Waals surface area (Å²) < 4.78 is 43.0. The number of ether oxygens (including phenoxy) is 1. The molecule has 0 atom stereocenters. The molecular formula is C24H33FN4O3S. The average molecular weight is 477 g/mol. The quantitative estimate of drug-likeness (QED) is 0.607. The van der Waals surface area contributed by atoms with Gasteiger partial charge in [-0.15, -0.1) is 0 Å². The molecule has 0 bridgehead atoms. The minimum atomic E-state index is -3.43. The molecule has 1 aliphatic carbocycles. The Balaban J connectivity index is 1.21. The highest BCUT2D eigenvalue weighted by Gasteiger charge is 2.29. The van der Waals surface area contributed by atoms with Gasteiger partial charge in [-0.3, -0.25) is 4.90 Å². The van der Waals surface area contributed by atoms with E-state index in [4.69, 9.17) is 4.74 Å². The van der Waals surface area contributed by atoms with Gasteiger partial charge in [0.2, 0.25) is 5.95 Å². The molecule has 1 aliphatic heterocycles. The average Bonchev–Trinajstić information content (AvgIpc) is 2.83. The number of hydrogen-bond donors (Lipinski definition) is 0.